The Kier molecular flexibility index (Phi) is 4.68. The Morgan fingerprint density at radius 1 is 0.840 bits per heavy atom. The largest absolute Gasteiger partial charge is 0.129 e. The quantitative estimate of drug-likeness (QED) is 0.466. The molecule has 4 rings (SSSR count). The van der Waals surface area contributed by atoms with Gasteiger partial charge in [-0.05, 0) is 67.3 Å². The second kappa shape index (κ2) is 6.81. The Hall–Kier alpha value is -1.25. The lowest BCUT2D eigenvalue weighted by Crippen LogP contribution is -2.03. The highest BCUT2D eigenvalue weighted by Crippen LogP contribution is 2.47. The van der Waals surface area contributed by atoms with Gasteiger partial charge in [-0.1, -0.05) is 63.5 Å². The van der Waals surface area contributed by atoms with Crippen molar-refractivity contribution in [1.29, 1.82) is 0 Å². The third kappa shape index (κ3) is 2.94. The summed E-state index contributed by atoms with van der Waals surface area (Å²) in [4.78, 5) is 1.41. The van der Waals surface area contributed by atoms with Crippen LogP contribution in [-0.4, -0.2) is 6.26 Å². The predicted molar refractivity (Wildman–Crippen MR) is 114 cm³/mol. The molecule has 0 heterocycles. The van der Waals surface area contributed by atoms with Crippen molar-refractivity contribution >= 4 is 39.8 Å². The zero-order valence-corrected chi connectivity index (χ0v) is 17.4. The van der Waals surface area contributed by atoms with Crippen LogP contribution in [-0.2, 0) is 0 Å². The van der Waals surface area contributed by atoms with Gasteiger partial charge in [0, 0.05) is 21.2 Å². The molecule has 2 aromatic carbocycles. The average Bonchev–Trinajstić information content (AvgIpc) is 3.10. The molecule has 0 N–H and O–H groups in total. The molecule has 0 bridgehead atoms. The Morgan fingerprint density at radius 2 is 1.40 bits per heavy atom. The van der Waals surface area contributed by atoms with Gasteiger partial charge in [-0.25, -0.2) is 0 Å². The van der Waals surface area contributed by atoms with Gasteiger partial charge in [-0.2, -0.15) is 0 Å². The maximum absolute atomic E-state index is 3.71. The molecule has 0 fully saturated rings. The molecule has 0 saturated carbocycles. The highest BCUT2D eigenvalue weighted by atomic mass is 79.9. The van der Waals surface area contributed by atoms with Gasteiger partial charge >= 0.3 is 0 Å². The lowest BCUT2D eigenvalue weighted by atomic mass is 9.85. The van der Waals surface area contributed by atoms with Crippen molar-refractivity contribution in [2.75, 3.05) is 6.26 Å². The molecule has 0 saturated heterocycles. The minimum atomic E-state index is 0.563. The molecular formula is C23H23BrS. The third-order valence-corrected chi connectivity index (χ3v) is 7.23. The average molecular weight is 411 g/mol. The Balaban J connectivity index is 1.58. The summed E-state index contributed by atoms with van der Waals surface area (Å²) < 4.78 is 1.22. The number of rotatable bonds is 4. The summed E-state index contributed by atoms with van der Waals surface area (Å²) >= 11 is 5.57. The van der Waals surface area contributed by atoms with E-state index in [2.05, 4.69) is 84.6 Å². The van der Waals surface area contributed by atoms with Crippen LogP contribution < -0.4 is 0 Å². The van der Waals surface area contributed by atoms with Crippen LogP contribution in [0.2, 0.25) is 0 Å². The van der Waals surface area contributed by atoms with Crippen LogP contribution >= 0.6 is 27.7 Å². The van der Waals surface area contributed by atoms with E-state index in [9.17, 15) is 0 Å². The van der Waals surface area contributed by atoms with E-state index in [0.29, 0.717) is 11.8 Å². The van der Waals surface area contributed by atoms with Gasteiger partial charge in [-0.15, -0.1) is 11.8 Å². The first-order valence-electron chi connectivity index (χ1n) is 8.92. The van der Waals surface area contributed by atoms with Crippen molar-refractivity contribution in [3.05, 3.63) is 74.3 Å². The molecule has 128 valence electrons. The predicted octanol–water partition coefficient (Wildman–Crippen LogP) is 7.65. The van der Waals surface area contributed by atoms with Crippen molar-refractivity contribution in [3.8, 4) is 0 Å². The van der Waals surface area contributed by atoms with Crippen LogP contribution in [0.3, 0.4) is 0 Å². The van der Waals surface area contributed by atoms with Crippen molar-refractivity contribution in [1.82, 2.24) is 0 Å². The highest BCUT2D eigenvalue weighted by Gasteiger charge is 2.28. The normalized spacial score (nSPS) is 21.0. The smallest absolute Gasteiger partial charge is 0.0250 e. The number of halogens is 1. The molecule has 0 aliphatic heterocycles. The molecule has 2 aliphatic carbocycles. The van der Waals surface area contributed by atoms with E-state index >= 15 is 0 Å². The molecule has 2 unspecified atom stereocenters. The topological polar surface area (TPSA) is 0 Å². The lowest BCUT2D eigenvalue weighted by Gasteiger charge is -2.20. The van der Waals surface area contributed by atoms with E-state index in [0.717, 1.165) is 0 Å². The van der Waals surface area contributed by atoms with Crippen LogP contribution in [0, 0.1) is 0 Å². The SMILES string of the molecule is CSc1cccc2c1C=C(C)C2CCC1C(C)=Cc2c(Br)cccc21. The minimum absolute atomic E-state index is 0.563. The van der Waals surface area contributed by atoms with Gasteiger partial charge in [-0.3, -0.25) is 0 Å². The summed E-state index contributed by atoms with van der Waals surface area (Å²) in [6.07, 6.45) is 9.38. The van der Waals surface area contributed by atoms with E-state index in [4.69, 9.17) is 0 Å². The first kappa shape index (κ1) is 17.2. The first-order valence-corrected chi connectivity index (χ1v) is 10.9. The molecule has 2 heteroatoms. The Bertz CT molecular complexity index is 891. The third-order valence-electron chi connectivity index (χ3n) is 5.74. The molecule has 25 heavy (non-hydrogen) atoms. The van der Waals surface area contributed by atoms with E-state index in [1.54, 1.807) is 0 Å². The summed E-state index contributed by atoms with van der Waals surface area (Å²) in [5.41, 5.74) is 8.88. The number of benzene rings is 2. The number of thioether (sulfide) groups is 1. The fourth-order valence-corrected chi connectivity index (χ4v) is 5.56. The second-order valence-electron chi connectivity index (χ2n) is 7.17. The van der Waals surface area contributed by atoms with E-state index in [-0.39, 0.29) is 0 Å². The van der Waals surface area contributed by atoms with Crippen LogP contribution in [0.1, 0.15) is 60.8 Å². The standard InChI is InChI=1S/C23H23BrS/c1-14-12-20-18(6-4-8-22(20)24)16(14)10-11-17-15(2)13-21-19(17)7-5-9-23(21)25-3/h4-9,12-13,16-17H,10-11H2,1-3H3. The van der Waals surface area contributed by atoms with Crippen LogP contribution in [0.25, 0.3) is 12.2 Å². The fraction of sp³-hybridized carbons (Fsp3) is 0.304. The van der Waals surface area contributed by atoms with Gasteiger partial charge in [0.05, 0.1) is 0 Å². The molecular weight excluding hydrogens is 388 g/mol. The van der Waals surface area contributed by atoms with Crippen LogP contribution in [0.4, 0.5) is 0 Å². The lowest BCUT2D eigenvalue weighted by molar-refractivity contribution is 0.611. The molecule has 2 aromatic rings. The number of hydrogen-bond donors (Lipinski definition) is 0. The maximum Gasteiger partial charge on any atom is 0.0250 e. The van der Waals surface area contributed by atoms with E-state index in [1.807, 2.05) is 11.8 Å². The Morgan fingerprint density at radius 3 is 2.04 bits per heavy atom. The van der Waals surface area contributed by atoms with Crippen LogP contribution in [0.5, 0.6) is 0 Å². The molecule has 2 aliphatic rings. The summed E-state index contributed by atoms with van der Waals surface area (Å²) in [6.45, 7) is 4.59. The van der Waals surface area contributed by atoms with Gasteiger partial charge in [0.1, 0.15) is 0 Å². The molecule has 0 radical (unpaired) electrons. The molecule has 0 amide bonds. The van der Waals surface area contributed by atoms with Crippen molar-refractivity contribution < 1.29 is 0 Å². The second-order valence-corrected chi connectivity index (χ2v) is 8.87. The first-order chi connectivity index (χ1) is 12.1. The number of hydrogen-bond acceptors (Lipinski definition) is 1. The summed E-state index contributed by atoms with van der Waals surface area (Å²) in [5, 5.41) is 0. The molecule has 0 aromatic heterocycles. The van der Waals surface area contributed by atoms with Gasteiger partial charge in [0.2, 0.25) is 0 Å². The zero-order chi connectivity index (χ0) is 17.6. The van der Waals surface area contributed by atoms with E-state index in [1.165, 1.54) is 55.6 Å². The minimum Gasteiger partial charge on any atom is -0.129 e. The Labute approximate surface area is 163 Å². The molecule has 0 spiro atoms. The van der Waals surface area contributed by atoms with Gasteiger partial charge in [0.25, 0.3) is 0 Å². The van der Waals surface area contributed by atoms with Crippen molar-refractivity contribution in [2.24, 2.45) is 0 Å². The van der Waals surface area contributed by atoms with Crippen molar-refractivity contribution in [2.45, 2.75) is 43.4 Å². The van der Waals surface area contributed by atoms with Crippen molar-refractivity contribution in [3.63, 3.8) is 0 Å². The van der Waals surface area contributed by atoms with Gasteiger partial charge in [0.15, 0.2) is 0 Å². The highest BCUT2D eigenvalue weighted by molar-refractivity contribution is 9.10. The maximum atomic E-state index is 3.71. The summed E-state index contributed by atoms with van der Waals surface area (Å²) in [6, 6.07) is 13.4. The van der Waals surface area contributed by atoms with Crippen LogP contribution in [0.15, 0.2) is 56.9 Å². The zero-order valence-electron chi connectivity index (χ0n) is 15.0. The van der Waals surface area contributed by atoms with Gasteiger partial charge < -0.3 is 0 Å². The monoisotopic (exact) mass is 410 g/mol. The number of allylic oxidation sites excluding steroid dienone is 2. The van der Waals surface area contributed by atoms with E-state index < -0.39 is 0 Å². The number of fused-ring (bicyclic) bond motifs is 2. The molecule has 0 nitrogen and oxygen atoms in total. The molecule has 2 atom stereocenters. The summed E-state index contributed by atoms with van der Waals surface area (Å²) in [7, 11) is 0. The fourth-order valence-electron chi connectivity index (χ4n) is 4.45. The summed E-state index contributed by atoms with van der Waals surface area (Å²) in [5.74, 6) is 1.14.